The number of unbranched alkanes of at least 4 members (excludes halogenated alkanes) is 30. The lowest BCUT2D eigenvalue weighted by Crippen LogP contribution is -2.37. The predicted octanol–water partition coefficient (Wildman–Crippen LogP) is 13.9. The van der Waals surface area contributed by atoms with E-state index in [9.17, 15) is 19.0 Å². The summed E-state index contributed by atoms with van der Waals surface area (Å²) in [6.45, 7) is 4.25. The summed E-state index contributed by atoms with van der Waals surface area (Å²) in [7, 11) is 1.17. The molecule has 0 aromatic heterocycles. The van der Waals surface area contributed by atoms with Gasteiger partial charge in [0.05, 0.1) is 27.7 Å². The van der Waals surface area contributed by atoms with Crippen molar-refractivity contribution in [2.75, 3.05) is 47.5 Å². The molecule has 0 aliphatic heterocycles. The van der Waals surface area contributed by atoms with Crippen molar-refractivity contribution in [1.29, 1.82) is 0 Å². The molecule has 0 radical (unpaired) electrons. The van der Waals surface area contributed by atoms with Gasteiger partial charge < -0.3 is 27.9 Å². The van der Waals surface area contributed by atoms with E-state index in [0.29, 0.717) is 17.4 Å². The van der Waals surface area contributed by atoms with Crippen LogP contribution in [0.15, 0.2) is 12.2 Å². The smallest absolute Gasteiger partial charge is 0.306 e. The van der Waals surface area contributed by atoms with Crippen molar-refractivity contribution in [3.05, 3.63) is 12.2 Å². The first-order valence-electron chi connectivity index (χ1n) is 24.9. The number of quaternary nitrogens is 1. The molecule has 0 saturated carbocycles. The van der Waals surface area contributed by atoms with Crippen molar-refractivity contribution >= 4 is 19.8 Å². The third kappa shape index (κ3) is 46.1. The highest BCUT2D eigenvalue weighted by atomic mass is 31.2. The molecule has 2 atom stereocenters. The number of rotatable bonds is 46. The highest BCUT2D eigenvalue weighted by Gasteiger charge is 2.21. The number of carbonyl (C=O) groups excluding carboxylic acids is 2. The van der Waals surface area contributed by atoms with Gasteiger partial charge in [0.15, 0.2) is 6.10 Å². The van der Waals surface area contributed by atoms with E-state index >= 15 is 0 Å². The summed E-state index contributed by atoms with van der Waals surface area (Å²) in [6.07, 6.45) is 45.3. The van der Waals surface area contributed by atoms with Crippen LogP contribution in [0.3, 0.4) is 0 Å². The van der Waals surface area contributed by atoms with Crippen LogP contribution in [0.2, 0.25) is 0 Å². The second-order valence-corrected chi connectivity index (χ2v) is 19.6. The monoisotopic (exact) mass is 858 g/mol. The molecule has 0 N–H and O–H groups in total. The molecule has 9 nitrogen and oxygen atoms in total. The molecule has 0 aliphatic rings. The van der Waals surface area contributed by atoms with Gasteiger partial charge >= 0.3 is 11.9 Å². The minimum atomic E-state index is -4.63. The van der Waals surface area contributed by atoms with Crippen molar-refractivity contribution in [3.63, 3.8) is 0 Å². The molecule has 350 valence electrons. The van der Waals surface area contributed by atoms with Gasteiger partial charge in [0.25, 0.3) is 7.82 Å². The number of ether oxygens (including phenoxy) is 2. The Hall–Kier alpha value is -1.25. The third-order valence-electron chi connectivity index (χ3n) is 11.0. The topological polar surface area (TPSA) is 111 Å². The number of hydrogen-bond acceptors (Lipinski definition) is 8. The zero-order chi connectivity index (χ0) is 43.6. The van der Waals surface area contributed by atoms with Gasteiger partial charge in [-0.25, -0.2) is 0 Å². The highest BCUT2D eigenvalue weighted by molar-refractivity contribution is 7.45. The van der Waals surface area contributed by atoms with Crippen LogP contribution in [0, 0.1) is 0 Å². The van der Waals surface area contributed by atoms with E-state index in [1.54, 1.807) is 0 Å². The minimum Gasteiger partial charge on any atom is -0.756 e. The van der Waals surface area contributed by atoms with Crippen LogP contribution in [0.5, 0.6) is 0 Å². The average Bonchev–Trinajstić information content (AvgIpc) is 3.19. The van der Waals surface area contributed by atoms with Crippen molar-refractivity contribution in [2.45, 2.75) is 245 Å². The van der Waals surface area contributed by atoms with Gasteiger partial charge in [-0.2, -0.15) is 0 Å². The Morgan fingerprint density at radius 3 is 1.27 bits per heavy atom. The fourth-order valence-electron chi connectivity index (χ4n) is 7.12. The third-order valence-corrected chi connectivity index (χ3v) is 12.0. The number of hydrogen-bond donors (Lipinski definition) is 0. The van der Waals surface area contributed by atoms with E-state index < -0.39 is 26.5 Å². The van der Waals surface area contributed by atoms with E-state index in [1.807, 2.05) is 21.1 Å². The molecule has 0 fully saturated rings. The Balaban J connectivity index is 4.23. The zero-order valence-electron chi connectivity index (χ0n) is 39.5. The summed E-state index contributed by atoms with van der Waals surface area (Å²) < 4.78 is 34.0. The van der Waals surface area contributed by atoms with Gasteiger partial charge in [-0.3, -0.25) is 14.2 Å². The number of nitrogens with zero attached hydrogens (tertiary/aromatic N) is 1. The molecular formula is C49H96NO8P. The van der Waals surface area contributed by atoms with Gasteiger partial charge in [-0.1, -0.05) is 199 Å². The molecule has 0 spiro atoms. The number of likely N-dealkylation sites (N-methyl/N-ethyl adjacent to an activating group) is 1. The zero-order valence-corrected chi connectivity index (χ0v) is 40.4. The second kappa shape index (κ2) is 42.1. The Bertz CT molecular complexity index is 1020. The second-order valence-electron chi connectivity index (χ2n) is 18.2. The van der Waals surface area contributed by atoms with Crippen LogP contribution in [-0.2, 0) is 32.7 Å². The quantitative estimate of drug-likeness (QED) is 0.0196. The minimum absolute atomic E-state index is 0.0302. The molecule has 0 amide bonds. The molecule has 0 aliphatic carbocycles. The van der Waals surface area contributed by atoms with Crippen molar-refractivity contribution < 1.29 is 42.1 Å². The molecule has 0 rings (SSSR count). The maximum absolute atomic E-state index is 12.7. The Labute approximate surface area is 365 Å². The summed E-state index contributed by atoms with van der Waals surface area (Å²) in [5.41, 5.74) is 0. The van der Waals surface area contributed by atoms with Crippen LogP contribution in [0.25, 0.3) is 0 Å². The predicted molar refractivity (Wildman–Crippen MR) is 245 cm³/mol. The van der Waals surface area contributed by atoms with Crippen LogP contribution in [0.4, 0.5) is 0 Å². The first kappa shape index (κ1) is 57.8. The van der Waals surface area contributed by atoms with Crippen molar-refractivity contribution in [3.8, 4) is 0 Å². The number of phosphoric acid groups is 1. The van der Waals surface area contributed by atoms with Gasteiger partial charge in [0.2, 0.25) is 0 Å². The summed E-state index contributed by atoms with van der Waals surface area (Å²) >= 11 is 0. The van der Waals surface area contributed by atoms with E-state index in [4.69, 9.17) is 18.5 Å². The summed E-state index contributed by atoms with van der Waals surface area (Å²) in [6, 6.07) is 0. The van der Waals surface area contributed by atoms with Crippen LogP contribution in [0.1, 0.15) is 239 Å². The molecule has 0 bridgehead atoms. The normalized spacial score (nSPS) is 13.5. The number of phosphoric ester groups is 1. The fourth-order valence-corrected chi connectivity index (χ4v) is 7.85. The summed E-state index contributed by atoms with van der Waals surface area (Å²) in [5, 5.41) is 0. The number of allylic oxidation sites excluding steroid dienone is 2. The lowest BCUT2D eigenvalue weighted by Gasteiger charge is -2.28. The van der Waals surface area contributed by atoms with Crippen molar-refractivity contribution in [1.82, 2.24) is 0 Å². The molecule has 0 saturated heterocycles. The number of esters is 2. The first-order valence-corrected chi connectivity index (χ1v) is 26.4. The van der Waals surface area contributed by atoms with Crippen LogP contribution < -0.4 is 4.89 Å². The first-order chi connectivity index (χ1) is 28.5. The lowest BCUT2D eigenvalue weighted by molar-refractivity contribution is -0.870. The van der Waals surface area contributed by atoms with Gasteiger partial charge in [0, 0.05) is 12.8 Å². The van der Waals surface area contributed by atoms with E-state index in [0.717, 1.165) is 44.9 Å². The Morgan fingerprint density at radius 2 is 0.864 bits per heavy atom. The number of carbonyl (C=O) groups is 2. The molecule has 0 heterocycles. The highest BCUT2D eigenvalue weighted by Crippen LogP contribution is 2.38. The molecule has 0 aromatic carbocycles. The Morgan fingerprint density at radius 1 is 0.508 bits per heavy atom. The van der Waals surface area contributed by atoms with Crippen LogP contribution in [-0.4, -0.2) is 70.0 Å². The standard InChI is InChI=1S/C49H96NO8P/c1-6-8-10-12-14-16-18-20-22-23-24-25-26-28-29-31-33-35-37-39-41-48(51)55-45-47(46-57-59(53,54)56-44-43-50(3,4)5)58-49(52)42-40-38-36-34-32-30-27-21-19-17-15-13-11-9-7-2/h30,32,47H,6-29,31,33-46H2,1-5H3/b32-30+/t47-/m1/s1. The molecular weight excluding hydrogens is 762 g/mol. The molecule has 1 unspecified atom stereocenters. The Kier molecular flexibility index (Phi) is 41.2. The molecule has 0 aromatic rings. The molecule has 10 heteroatoms. The maximum Gasteiger partial charge on any atom is 0.306 e. The van der Waals surface area contributed by atoms with Gasteiger partial charge in [-0.05, 0) is 38.5 Å². The van der Waals surface area contributed by atoms with E-state index in [-0.39, 0.29) is 32.0 Å². The molecule has 59 heavy (non-hydrogen) atoms. The van der Waals surface area contributed by atoms with E-state index in [2.05, 4.69) is 26.0 Å². The van der Waals surface area contributed by atoms with Crippen molar-refractivity contribution in [2.24, 2.45) is 0 Å². The summed E-state index contributed by atoms with van der Waals surface area (Å²) in [4.78, 5) is 37.6. The van der Waals surface area contributed by atoms with E-state index in [1.165, 1.54) is 161 Å². The maximum atomic E-state index is 12.7. The van der Waals surface area contributed by atoms with Crippen LogP contribution >= 0.6 is 7.82 Å². The van der Waals surface area contributed by atoms with Gasteiger partial charge in [0.1, 0.15) is 19.8 Å². The lowest BCUT2D eigenvalue weighted by atomic mass is 10.0. The largest absolute Gasteiger partial charge is 0.756 e. The van der Waals surface area contributed by atoms with Gasteiger partial charge in [-0.15, -0.1) is 0 Å². The fraction of sp³-hybridized carbons (Fsp3) is 0.918. The SMILES string of the molecule is CCCCCCCCCC/C=C/CCCCCC(=O)O[C@H](COC(=O)CCCCCCCCCCCCCCCCCCCCCC)COP(=O)([O-])OCC[N+](C)(C)C. The average molecular weight is 858 g/mol. The summed E-state index contributed by atoms with van der Waals surface area (Å²) in [5.74, 6) is -0.839.